The van der Waals surface area contributed by atoms with Crippen LogP contribution in [0.25, 0.3) is 0 Å². The first-order valence-electron chi connectivity index (χ1n) is 6.77. The number of aromatic nitrogens is 1. The molecule has 2 unspecified atom stereocenters. The monoisotopic (exact) mass is 281 g/mol. The summed E-state index contributed by atoms with van der Waals surface area (Å²) in [5.74, 6) is -0.325. The Labute approximate surface area is 122 Å². The predicted octanol–water partition coefficient (Wildman–Crippen LogP) is 1.67. The molecule has 5 nitrogen and oxygen atoms in total. The number of rotatable bonds is 2. The smallest absolute Gasteiger partial charge is 0.250 e. The molecule has 2 atom stereocenters. The van der Waals surface area contributed by atoms with Gasteiger partial charge in [0.25, 0.3) is 0 Å². The number of anilines is 1. The second-order valence-corrected chi connectivity index (χ2v) is 4.96. The molecule has 5 heteroatoms. The van der Waals surface area contributed by atoms with Crippen LogP contribution in [-0.2, 0) is 9.59 Å². The Morgan fingerprint density at radius 3 is 2.52 bits per heavy atom. The summed E-state index contributed by atoms with van der Waals surface area (Å²) in [6.45, 7) is 1.69. The Morgan fingerprint density at radius 1 is 1.10 bits per heavy atom. The van der Waals surface area contributed by atoms with Gasteiger partial charge < -0.3 is 5.32 Å². The molecule has 2 heterocycles. The van der Waals surface area contributed by atoms with E-state index in [2.05, 4.69) is 10.3 Å². The highest BCUT2D eigenvalue weighted by Gasteiger charge is 2.40. The highest BCUT2D eigenvalue weighted by atomic mass is 16.2. The fourth-order valence-corrected chi connectivity index (χ4v) is 2.52. The van der Waals surface area contributed by atoms with Crippen LogP contribution < -0.4 is 10.2 Å². The third kappa shape index (κ3) is 2.38. The van der Waals surface area contributed by atoms with Gasteiger partial charge in [0.15, 0.2) is 0 Å². The topological polar surface area (TPSA) is 62.3 Å². The number of carbonyl (C=O) groups is 2. The van der Waals surface area contributed by atoms with E-state index < -0.39 is 12.1 Å². The number of benzene rings is 1. The standard InChI is InChI=1S/C16H15N3O2/c1-11-16(21)19(13-8-5-9-17-10-13)14(15(20)18-11)12-6-3-2-4-7-12/h2-11,14H,1H3,(H,18,20). The van der Waals surface area contributed by atoms with Crippen molar-refractivity contribution >= 4 is 17.5 Å². The van der Waals surface area contributed by atoms with Crippen molar-refractivity contribution in [3.63, 3.8) is 0 Å². The molecular formula is C16H15N3O2. The maximum Gasteiger partial charge on any atom is 0.250 e. The normalized spacial score (nSPS) is 22.0. The molecule has 1 aliphatic rings. The van der Waals surface area contributed by atoms with Gasteiger partial charge in [-0.15, -0.1) is 0 Å². The van der Waals surface area contributed by atoms with Gasteiger partial charge in [-0.3, -0.25) is 19.5 Å². The van der Waals surface area contributed by atoms with Crippen LogP contribution in [0.1, 0.15) is 18.5 Å². The third-order valence-corrected chi connectivity index (χ3v) is 3.51. The minimum absolute atomic E-state index is 0.142. The van der Waals surface area contributed by atoms with E-state index in [1.54, 1.807) is 31.5 Å². The molecule has 1 aromatic heterocycles. The van der Waals surface area contributed by atoms with Gasteiger partial charge in [-0.1, -0.05) is 30.3 Å². The van der Waals surface area contributed by atoms with E-state index >= 15 is 0 Å². The van der Waals surface area contributed by atoms with Gasteiger partial charge in [0.1, 0.15) is 12.1 Å². The fourth-order valence-electron chi connectivity index (χ4n) is 2.52. The first kappa shape index (κ1) is 13.3. The lowest BCUT2D eigenvalue weighted by Crippen LogP contribution is -2.58. The Bertz CT molecular complexity index is 658. The molecule has 3 rings (SSSR count). The Balaban J connectivity index is 2.09. The number of carbonyl (C=O) groups excluding carboxylic acids is 2. The van der Waals surface area contributed by atoms with Crippen LogP contribution in [0, 0.1) is 0 Å². The lowest BCUT2D eigenvalue weighted by atomic mass is 9.99. The summed E-state index contributed by atoms with van der Waals surface area (Å²) in [4.78, 5) is 30.5. The molecule has 1 aliphatic heterocycles. The zero-order chi connectivity index (χ0) is 14.8. The zero-order valence-electron chi connectivity index (χ0n) is 11.6. The van der Waals surface area contributed by atoms with Gasteiger partial charge in [-0.25, -0.2) is 0 Å². The highest BCUT2D eigenvalue weighted by Crippen LogP contribution is 2.30. The Kier molecular flexibility index (Phi) is 3.39. The van der Waals surface area contributed by atoms with Crippen molar-refractivity contribution in [1.29, 1.82) is 0 Å². The van der Waals surface area contributed by atoms with Crippen molar-refractivity contribution in [2.75, 3.05) is 4.90 Å². The van der Waals surface area contributed by atoms with E-state index in [9.17, 15) is 9.59 Å². The van der Waals surface area contributed by atoms with Crippen LogP contribution in [0.2, 0.25) is 0 Å². The molecule has 2 aromatic rings. The molecule has 0 radical (unpaired) electrons. The van der Waals surface area contributed by atoms with Gasteiger partial charge in [-0.2, -0.15) is 0 Å². The van der Waals surface area contributed by atoms with Gasteiger partial charge >= 0.3 is 0 Å². The zero-order valence-corrected chi connectivity index (χ0v) is 11.6. The summed E-state index contributed by atoms with van der Waals surface area (Å²) in [5.41, 5.74) is 1.40. The van der Waals surface area contributed by atoms with Crippen molar-refractivity contribution in [2.24, 2.45) is 0 Å². The molecular weight excluding hydrogens is 266 g/mol. The minimum atomic E-state index is -0.668. The maximum atomic E-state index is 12.5. The van der Waals surface area contributed by atoms with Gasteiger partial charge in [0.05, 0.1) is 11.9 Å². The number of amides is 2. The molecule has 106 valence electrons. The quantitative estimate of drug-likeness (QED) is 0.911. The van der Waals surface area contributed by atoms with E-state index in [1.165, 1.54) is 4.90 Å². The van der Waals surface area contributed by atoms with Gasteiger partial charge in [0, 0.05) is 6.20 Å². The summed E-state index contributed by atoms with van der Waals surface area (Å²) < 4.78 is 0. The number of pyridine rings is 1. The van der Waals surface area contributed by atoms with Crippen LogP contribution >= 0.6 is 0 Å². The van der Waals surface area contributed by atoms with Crippen molar-refractivity contribution in [1.82, 2.24) is 10.3 Å². The van der Waals surface area contributed by atoms with Crippen LogP contribution in [0.3, 0.4) is 0 Å². The van der Waals surface area contributed by atoms with Crippen molar-refractivity contribution in [3.05, 3.63) is 60.4 Å². The number of nitrogens with zero attached hydrogens (tertiary/aromatic N) is 2. The summed E-state index contributed by atoms with van der Waals surface area (Å²) in [5, 5.41) is 2.73. The molecule has 2 amide bonds. The number of hydrogen-bond donors (Lipinski definition) is 1. The second kappa shape index (κ2) is 5.36. The number of nitrogens with one attached hydrogen (secondary N) is 1. The molecule has 21 heavy (non-hydrogen) atoms. The first-order chi connectivity index (χ1) is 10.2. The summed E-state index contributed by atoms with van der Waals surface area (Å²) in [6, 6.07) is 11.6. The van der Waals surface area contributed by atoms with Crippen LogP contribution in [-0.4, -0.2) is 22.8 Å². The summed E-state index contributed by atoms with van der Waals surface area (Å²) >= 11 is 0. The van der Waals surface area contributed by atoms with E-state index in [1.807, 2.05) is 30.3 Å². The molecule has 1 N–H and O–H groups in total. The van der Waals surface area contributed by atoms with Gasteiger partial charge in [0.2, 0.25) is 11.8 Å². The summed E-state index contributed by atoms with van der Waals surface area (Å²) in [7, 11) is 0. The largest absolute Gasteiger partial charge is 0.342 e. The van der Waals surface area contributed by atoms with Crippen molar-refractivity contribution < 1.29 is 9.59 Å². The average Bonchev–Trinajstić information content (AvgIpc) is 2.52. The second-order valence-electron chi connectivity index (χ2n) is 4.96. The molecule has 0 spiro atoms. The Hall–Kier alpha value is -2.69. The van der Waals surface area contributed by atoms with Crippen LogP contribution in [0.15, 0.2) is 54.9 Å². The van der Waals surface area contributed by atoms with Gasteiger partial charge in [-0.05, 0) is 24.6 Å². The van der Waals surface area contributed by atoms with E-state index in [0.29, 0.717) is 5.69 Å². The molecule has 1 aromatic carbocycles. The average molecular weight is 281 g/mol. The van der Waals surface area contributed by atoms with Crippen molar-refractivity contribution in [3.8, 4) is 0 Å². The molecule has 0 bridgehead atoms. The van der Waals surface area contributed by atoms with Crippen LogP contribution in [0.4, 0.5) is 5.69 Å². The minimum Gasteiger partial charge on any atom is -0.342 e. The maximum absolute atomic E-state index is 12.5. The SMILES string of the molecule is CC1NC(=O)C(c2ccccc2)N(c2cccnc2)C1=O. The molecule has 0 aliphatic carbocycles. The lowest BCUT2D eigenvalue weighted by Gasteiger charge is -2.37. The van der Waals surface area contributed by atoms with E-state index in [0.717, 1.165) is 5.56 Å². The molecule has 1 fully saturated rings. The fraction of sp³-hybridized carbons (Fsp3) is 0.188. The summed E-state index contributed by atoms with van der Waals surface area (Å²) in [6.07, 6.45) is 3.23. The Morgan fingerprint density at radius 2 is 1.86 bits per heavy atom. The first-order valence-corrected chi connectivity index (χ1v) is 6.77. The number of hydrogen-bond acceptors (Lipinski definition) is 3. The number of piperazine rings is 1. The molecule has 1 saturated heterocycles. The lowest BCUT2D eigenvalue weighted by molar-refractivity contribution is -0.133. The highest BCUT2D eigenvalue weighted by molar-refractivity contribution is 6.08. The van der Waals surface area contributed by atoms with E-state index in [4.69, 9.17) is 0 Å². The third-order valence-electron chi connectivity index (χ3n) is 3.51. The molecule has 0 saturated carbocycles. The predicted molar refractivity (Wildman–Crippen MR) is 78.5 cm³/mol. The van der Waals surface area contributed by atoms with E-state index in [-0.39, 0.29) is 11.8 Å². The van der Waals surface area contributed by atoms with Crippen molar-refractivity contribution in [2.45, 2.75) is 19.0 Å². The van der Waals surface area contributed by atoms with Crippen LogP contribution in [0.5, 0.6) is 0 Å².